The van der Waals surface area contributed by atoms with Gasteiger partial charge in [-0.25, -0.2) is 0 Å². The van der Waals surface area contributed by atoms with Crippen molar-refractivity contribution in [2.45, 2.75) is 37.8 Å². The van der Waals surface area contributed by atoms with E-state index >= 15 is 0 Å². The lowest BCUT2D eigenvalue weighted by Crippen LogP contribution is -2.04. The SMILES string of the molecule is N[C@H]1CCc2cc(-c3cccc(-c4cccc(-c5ccc6c(c5)CC[C@@H]6N)c4Cl)c3Cl)ccc21. The maximum atomic E-state index is 7.02. The molecule has 0 aromatic heterocycles. The molecule has 2 aliphatic rings. The standard InChI is InChI=1S/C30H26Cl2N2/c31-29-23(19-7-11-21-17(15-19)9-13-27(21)33)3-1-5-25(29)26-6-2-4-24(30(26)32)20-8-12-22-18(16-20)10-14-28(22)34/h1-8,11-12,15-16,27-28H,9-10,13-14,33-34H2/t27-,28-/m0/s1. The maximum Gasteiger partial charge on any atom is 0.0563 e. The Balaban J connectivity index is 1.42. The third-order valence-electron chi connectivity index (χ3n) is 7.44. The minimum atomic E-state index is 0.141. The van der Waals surface area contributed by atoms with E-state index < -0.39 is 0 Å². The summed E-state index contributed by atoms with van der Waals surface area (Å²) in [4.78, 5) is 0. The van der Waals surface area contributed by atoms with Crippen LogP contribution in [0.2, 0.25) is 10.0 Å². The molecule has 0 amide bonds. The number of hydrogen-bond acceptors (Lipinski definition) is 2. The lowest BCUT2D eigenvalue weighted by atomic mass is 9.94. The van der Waals surface area contributed by atoms with Crippen LogP contribution in [-0.2, 0) is 12.8 Å². The zero-order valence-electron chi connectivity index (χ0n) is 18.8. The Morgan fingerprint density at radius 2 is 0.971 bits per heavy atom. The van der Waals surface area contributed by atoms with E-state index in [0.717, 1.165) is 59.1 Å². The van der Waals surface area contributed by atoms with Crippen LogP contribution in [0.3, 0.4) is 0 Å². The van der Waals surface area contributed by atoms with Crippen LogP contribution in [-0.4, -0.2) is 0 Å². The fraction of sp³-hybridized carbons (Fsp3) is 0.200. The molecule has 4 N–H and O–H groups in total. The van der Waals surface area contributed by atoms with Gasteiger partial charge in [0, 0.05) is 34.3 Å². The molecule has 4 aromatic rings. The van der Waals surface area contributed by atoms with E-state index in [0.29, 0.717) is 10.0 Å². The van der Waals surface area contributed by atoms with Gasteiger partial charge in [-0.05, 0) is 59.1 Å². The highest BCUT2D eigenvalue weighted by atomic mass is 35.5. The molecule has 0 heterocycles. The largest absolute Gasteiger partial charge is 0.324 e. The highest BCUT2D eigenvalue weighted by Gasteiger charge is 2.22. The number of nitrogens with two attached hydrogens (primary N) is 2. The monoisotopic (exact) mass is 484 g/mol. The molecule has 4 heteroatoms. The predicted octanol–water partition coefficient (Wildman–Crippen LogP) is 7.89. The van der Waals surface area contributed by atoms with E-state index in [1.54, 1.807) is 0 Å². The van der Waals surface area contributed by atoms with E-state index in [4.69, 9.17) is 34.7 Å². The van der Waals surface area contributed by atoms with E-state index in [2.05, 4.69) is 60.7 Å². The van der Waals surface area contributed by atoms with Crippen molar-refractivity contribution in [3.05, 3.63) is 105 Å². The van der Waals surface area contributed by atoms with Crippen LogP contribution in [0, 0.1) is 0 Å². The van der Waals surface area contributed by atoms with Crippen molar-refractivity contribution in [1.29, 1.82) is 0 Å². The molecule has 2 aliphatic carbocycles. The molecule has 0 saturated heterocycles. The molecular formula is C30H26Cl2N2. The van der Waals surface area contributed by atoms with Crippen LogP contribution in [0.1, 0.15) is 47.2 Å². The van der Waals surface area contributed by atoms with Gasteiger partial charge in [-0.2, -0.15) is 0 Å². The van der Waals surface area contributed by atoms with Gasteiger partial charge in [0.15, 0.2) is 0 Å². The summed E-state index contributed by atoms with van der Waals surface area (Å²) in [6.07, 6.45) is 4.04. The minimum absolute atomic E-state index is 0.141. The Kier molecular flexibility index (Phi) is 5.50. The molecule has 6 rings (SSSR count). The van der Waals surface area contributed by atoms with Crippen molar-refractivity contribution in [3.63, 3.8) is 0 Å². The molecule has 0 spiro atoms. The maximum absolute atomic E-state index is 7.02. The smallest absolute Gasteiger partial charge is 0.0563 e. The predicted molar refractivity (Wildman–Crippen MR) is 143 cm³/mol. The van der Waals surface area contributed by atoms with E-state index in [-0.39, 0.29) is 12.1 Å². The first-order valence-corrected chi connectivity index (χ1v) is 12.6. The molecule has 0 aliphatic heterocycles. The first-order valence-electron chi connectivity index (χ1n) is 11.9. The first kappa shape index (κ1) is 21.9. The summed E-state index contributed by atoms with van der Waals surface area (Å²) in [7, 11) is 0. The van der Waals surface area contributed by atoms with Gasteiger partial charge in [0.1, 0.15) is 0 Å². The number of fused-ring (bicyclic) bond motifs is 2. The van der Waals surface area contributed by atoms with Crippen LogP contribution in [0.5, 0.6) is 0 Å². The van der Waals surface area contributed by atoms with Gasteiger partial charge in [-0.3, -0.25) is 0 Å². The summed E-state index contributed by atoms with van der Waals surface area (Å²) in [5.74, 6) is 0. The number of hydrogen-bond donors (Lipinski definition) is 2. The second-order valence-electron chi connectivity index (χ2n) is 9.45. The normalized spacial score (nSPS) is 18.7. The zero-order chi connectivity index (χ0) is 23.4. The highest BCUT2D eigenvalue weighted by molar-refractivity contribution is 6.39. The molecule has 34 heavy (non-hydrogen) atoms. The van der Waals surface area contributed by atoms with Gasteiger partial charge in [-0.15, -0.1) is 0 Å². The van der Waals surface area contributed by atoms with Gasteiger partial charge < -0.3 is 11.5 Å². The summed E-state index contributed by atoms with van der Waals surface area (Å²) in [6, 6.07) is 25.6. The minimum Gasteiger partial charge on any atom is -0.324 e. The summed E-state index contributed by atoms with van der Waals surface area (Å²) in [6.45, 7) is 0. The number of halogens is 2. The Labute approximate surface area is 210 Å². The van der Waals surface area contributed by atoms with Crippen molar-refractivity contribution in [3.8, 4) is 33.4 Å². The average molecular weight is 485 g/mol. The molecule has 2 nitrogen and oxygen atoms in total. The third kappa shape index (κ3) is 3.57. The van der Waals surface area contributed by atoms with Crippen LogP contribution in [0.25, 0.3) is 33.4 Å². The van der Waals surface area contributed by atoms with Crippen LogP contribution < -0.4 is 11.5 Å². The molecule has 0 radical (unpaired) electrons. The van der Waals surface area contributed by atoms with Crippen LogP contribution in [0.4, 0.5) is 0 Å². The highest BCUT2D eigenvalue weighted by Crippen LogP contribution is 2.44. The summed E-state index contributed by atoms with van der Waals surface area (Å²) >= 11 is 14.0. The number of aryl methyl sites for hydroxylation is 2. The molecular weight excluding hydrogens is 459 g/mol. The van der Waals surface area contributed by atoms with E-state index in [1.165, 1.54) is 22.3 Å². The molecule has 2 atom stereocenters. The average Bonchev–Trinajstić information content (AvgIpc) is 3.41. The summed E-state index contributed by atoms with van der Waals surface area (Å²) in [5.41, 5.74) is 23.7. The molecule has 170 valence electrons. The first-order chi connectivity index (χ1) is 16.5. The molecule has 4 aromatic carbocycles. The van der Waals surface area contributed by atoms with Crippen LogP contribution in [0.15, 0.2) is 72.8 Å². The molecule has 0 fully saturated rings. The lowest BCUT2D eigenvalue weighted by Gasteiger charge is -2.15. The van der Waals surface area contributed by atoms with Crippen molar-refractivity contribution < 1.29 is 0 Å². The Morgan fingerprint density at radius 3 is 1.41 bits per heavy atom. The van der Waals surface area contributed by atoms with Gasteiger partial charge in [0.05, 0.1) is 10.0 Å². The Morgan fingerprint density at radius 1 is 0.559 bits per heavy atom. The lowest BCUT2D eigenvalue weighted by molar-refractivity contribution is 0.713. The zero-order valence-corrected chi connectivity index (χ0v) is 20.3. The Bertz CT molecular complexity index is 1320. The Hall–Kier alpha value is -2.62. The van der Waals surface area contributed by atoms with Gasteiger partial charge >= 0.3 is 0 Å². The number of benzene rings is 4. The fourth-order valence-electron chi connectivity index (χ4n) is 5.56. The summed E-state index contributed by atoms with van der Waals surface area (Å²) < 4.78 is 0. The van der Waals surface area contributed by atoms with E-state index in [9.17, 15) is 0 Å². The molecule has 0 unspecified atom stereocenters. The van der Waals surface area contributed by atoms with Gasteiger partial charge in [0.25, 0.3) is 0 Å². The van der Waals surface area contributed by atoms with Crippen molar-refractivity contribution in [1.82, 2.24) is 0 Å². The third-order valence-corrected chi connectivity index (χ3v) is 8.26. The second-order valence-corrected chi connectivity index (χ2v) is 10.2. The van der Waals surface area contributed by atoms with Gasteiger partial charge in [0.2, 0.25) is 0 Å². The fourth-order valence-corrected chi connectivity index (χ4v) is 6.24. The van der Waals surface area contributed by atoms with Crippen molar-refractivity contribution in [2.24, 2.45) is 11.5 Å². The second kappa shape index (κ2) is 8.55. The number of rotatable bonds is 3. The summed E-state index contributed by atoms with van der Waals surface area (Å²) in [5, 5.41) is 1.42. The molecule has 0 saturated carbocycles. The van der Waals surface area contributed by atoms with E-state index in [1.807, 2.05) is 12.1 Å². The quantitative estimate of drug-likeness (QED) is 0.310. The van der Waals surface area contributed by atoms with Gasteiger partial charge in [-0.1, -0.05) is 96.0 Å². The molecule has 0 bridgehead atoms. The van der Waals surface area contributed by atoms with Crippen LogP contribution >= 0.6 is 23.2 Å². The topological polar surface area (TPSA) is 52.0 Å². The van der Waals surface area contributed by atoms with Crippen molar-refractivity contribution >= 4 is 23.2 Å². The van der Waals surface area contributed by atoms with Crippen molar-refractivity contribution in [2.75, 3.05) is 0 Å².